The number of rotatable bonds is 7. The molecule has 2 aliphatic rings. The summed E-state index contributed by atoms with van der Waals surface area (Å²) in [6.07, 6.45) is 10.7. The van der Waals surface area contributed by atoms with E-state index >= 15 is 0 Å². The monoisotopic (exact) mass is 279 g/mol. The lowest BCUT2D eigenvalue weighted by molar-refractivity contribution is -0.123. The molecule has 0 radical (unpaired) electrons. The molecule has 0 saturated heterocycles. The van der Waals surface area contributed by atoms with Gasteiger partial charge in [-0.25, -0.2) is 0 Å². The standard InChI is InChI=1S/C18H33NO/c1-14(2)13-20-17-12-16(18(17,3)4)19-11-10-15-8-6-5-7-9-15/h8,14,16-17,19H,5-7,9-13H2,1-4H3. The van der Waals surface area contributed by atoms with Crippen LogP contribution in [0.3, 0.4) is 0 Å². The van der Waals surface area contributed by atoms with Gasteiger partial charge in [-0.1, -0.05) is 39.3 Å². The third-order valence-electron chi connectivity index (χ3n) is 5.03. The van der Waals surface area contributed by atoms with Crippen LogP contribution in [0.5, 0.6) is 0 Å². The molecule has 0 amide bonds. The molecule has 0 aromatic carbocycles. The van der Waals surface area contributed by atoms with Crippen LogP contribution in [-0.2, 0) is 4.74 Å². The van der Waals surface area contributed by atoms with Crippen LogP contribution in [0.4, 0.5) is 0 Å². The molecular formula is C18H33NO. The fourth-order valence-electron chi connectivity index (χ4n) is 3.36. The highest BCUT2D eigenvalue weighted by Crippen LogP contribution is 2.43. The van der Waals surface area contributed by atoms with Gasteiger partial charge in [-0.3, -0.25) is 0 Å². The maximum Gasteiger partial charge on any atom is 0.0656 e. The second kappa shape index (κ2) is 7.09. The maximum atomic E-state index is 6.03. The first-order valence-corrected chi connectivity index (χ1v) is 8.53. The highest BCUT2D eigenvalue weighted by molar-refractivity contribution is 5.07. The van der Waals surface area contributed by atoms with E-state index in [1.807, 2.05) is 0 Å². The average Bonchev–Trinajstić information content (AvgIpc) is 2.42. The Morgan fingerprint density at radius 2 is 2.15 bits per heavy atom. The highest BCUT2D eigenvalue weighted by Gasteiger charge is 2.48. The summed E-state index contributed by atoms with van der Waals surface area (Å²) >= 11 is 0. The van der Waals surface area contributed by atoms with Crippen molar-refractivity contribution in [1.29, 1.82) is 0 Å². The summed E-state index contributed by atoms with van der Waals surface area (Å²) in [5.41, 5.74) is 1.96. The van der Waals surface area contributed by atoms with Gasteiger partial charge in [0.05, 0.1) is 6.10 Å². The van der Waals surface area contributed by atoms with Crippen molar-refractivity contribution in [1.82, 2.24) is 5.32 Å². The van der Waals surface area contributed by atoms with Crippen molar-refractivity contribution < 1.29 is 4.74 Å². The molecule has 1 saturated carbocycles. The molecule has 20 heavy (non-hydrogen) atoms. The number of ether oxygens (including phenoxy) is 1. The van der Waals surface area contributed by atoms with Gasteiger partial charge >= 0.3 is 0 Å². The lowest BCUT2D eigenvalue weighted by atomic mass is 9.64. The fraction of sp³-hybridized carbons (Fsp3) is 0.889. The summed E-state index contributed by atoms with van der Waals surface area (Å²) in [5.74, 6) is 0.635. The van der Waals surface area contributed by atoms with Gasteiger partial charge in [0.25, 0.3) is 0 Å². The van der Waals surface area contributed by atoms with E-state index in [9.17, 15) is 0 Å². The zero-order valence-electron chi connectivity index (χ0n) is 13.9. The third-order valence-corrected chi connectivity index (χ3v) is 5.03. The van der Waals surface area contributed by atoms with Crippen molar-refractivity contribution in [2.24, 2.45) is 11.3 Å². The van der Waals surface area contributed by atoms with E-state index in [0.717, 1.165) is 13.2 Å². The molecule has 2 atom stereocenters. The van der Waals surface area contributed by atoms with Crippen molar-refractivity contribution in [3.05, 3.63) is 11.6 Å². The van der Waals surface area contributed by atoms with Crippen LogP contribution < -0.4 is 5.32 Å². The van der Waals surface area contributed by atoms with Gasteiger partial charge in [-0.15, -0.1) is 0 Å². The molecule has 2 unspecified atom stereocenters. The number of hydrogen-bond acceptors (Lipinski definition) is 2. The molecule has 0 spiro atoms. The van der Waals surface area contributed by atoms with Crippen LogP contribution in [0, 0.1) is 11.3 Å². The summed E-state index contributed by atoms with van der Waals surface area (Å²) in [6, 6.07) is 0.629. The van der Waals surface area contributed by atoms with Crippen molar-refractivity contribution in [2.75, 3.05) is 13.2 Å². The Hall–Kier alpha value is -0.340. The Balaban J connectivity index is 1.66. The fourth-order valence-corrected chi connectivity index (χ4v) is 3.36. The first-order valence-electron chi connectivity index (χ1n) is 8.53. The van der Waals surface area contributed by atoms with E-state index in [1.54, 1.807) is 5.57 Å². The van der Waals surface area contributed by atoms with Gasteiger partial charge in [0.15, 0.2) is 0 Å². The van der Waals surface area contributed by atoms with E-state index in [1.165, 1.54) is 38.5 Å². The molecule has 2 nitrogen and oxygen atoms in total. The van der Waals surface area contributed by atoms with Crippen LogP contribution in [-0.4, -0.2) is 25.3 Å². The second-order valence-electron chi connectivity index (χ2n) is 7.64. The SMILES string of the molecule is CC(C)COC1CC(NCCC2=CCCCC2)C1(C)C. The number of nitrogens with one attached hydrogen (secondary N) is 1. The third kappa shape index (κ3) is 4.08. The summed E-state index contributed by atoms with van der Waals surface area (Å²) in [6.45, 7) is 11.2. The summed E-state index contributed by atoms with van der Waals surface area (Å²) < 4.78 is 6.03. The lowest BCUT2D eigenvalue weighted by Gasteiger charge is -2.52. The van der Waals surface area contributed by atoms with Crippen LogP contribution >= 0.6 is 0 Å². The molecule has 2 aliphatic carbocycles. The lowest BCUT2D eigenvalue weighted by Crippen LogP contribution is -2.61. The first-order chi connectivity index (χ1) is 9.50. The molecule has 2 rings (SSSR count). The van der Waals surface area contributed by atoms with Gasteiger partial charge in [-0.2, -0.15) is 0 Å². The van der Waals surface area contributed by atoms with E-state index < -0.39 is 0 Å². The van der Waals surface area contributed by atoms with Crippen molar-refractivity contribution in [3.8, 4) is 0 Å². The van der Waals surface area contributed by atoms with Crippen molar-refractivity contribution in [3.63, 3.8) is 0 Å². The van der Waals surface area contributed by atoms with Crippen LogP contribution in [0.1, 0.15) is 66.2 Å². The molecule has 0 aromatic heterocycles. The summed E-state index contributed by atoms with van der Waals surface area (Å²) in [4.78, 5) is 0. The van der Waals surface area contributed by atoms with E-state index in [-0.39, 0.29) is 5.41 Å². The van der Waals surface area contributed by atoms with Crippen molar-refractivity contribution >= 4 is 0 Å². The Morgan fingerprint density at radius 1 is 1.35 bits per heavy atom. The predicted octanol–water partition coefficient (Wildman–Crippen LogP) is 4.31. The zero-order chi connectivity index (χ0) is 14.6. The van der Waals surface area contributed by atoms with Crippen LogP contribution in [0.25, 0.3) is 0 Å². The second-order valence-corrected chi connectivity index (χ2v) is 7.64. The molecule has 1 N–H and O–H groups in total. The van der Waals surface area contributed by atoms with Crippen LogP contribution in [0.15, 0.2) is 11.6 Å². The molecule has 116 valence electrons. The van der Waals surface area contributed by atoms with E-state index in [0.29, 0.717) is 18.1 Å². The topological polar surface area (TPSA) is 21.3 Å². The zero-order valence-corrected chi connectivity index (χ0v) is 13.9. The molecule has 0 bridgehead atoms. The van der Waals surface area contributed by atoms with Crippen LogP contribution in [0.2, 0.25) is 0 Å². The van der Waals surface area contributed by atoms with Gasteiger partial charge < -0.3 is 10.1 Å². The number of allylic oxidation sites excluding steroid dienone is 1. The Labute approximate surface area is 125 Å². The Bertz CT molecular complexity index is 332. The molecule has 2 heteroatoms. The van der Waals surface area contributed by atoms with Gasteiger partial charge in [0.2, 0.25) is 0 Å². The minimum Gasteiger partial charge on any atom is -0.377 e. The molecule has 0 aliphatic heterocycles. The summed E-state index contributed by atoms with van der Waals surface area (Å²) in [5, 5.41) is 3.75. The Morgan fingerprint density at radius 3 is 2.75 bits per heavy atom. The minimum atomic E-state index is 0.288. The highest BCUT2D eigenvalue weighted by atomic mass is 16.5. The Kier molecular flexibility index (Phi) is 5.68. The molecular weight excluding hydrogens is 246 g/mol. The normalized spacial score (nSPS) is 29.1. The molecule has 0 heterocycles. The minimum absolute atomic E-state index is 0.288. The van der Waals surface area contributed by atoms with Gasteiger partial charge in [-0.05, 0) is 51.0 Å². The molecule has 0 aromatic rings. The number of hydrogen-bond donors (Lipinski definition) is 1. The maximum absolute atomic E-state index is 6.03. The predicted molar refractivity (Wildman–Crippen MR) is 85.9 cm³/mol. The quantitative estimate of drug-likeness (QED) is 0.701. The smallest absolute Gasteiger partial charge is 0.0656 e. The van der Waals surface area contributed by atoms with E-state index in [4.69, 9.17) is 4.74 Å². The van der Waals surface area contributed by atoms with E-state index in [2.05, 4.69) is 39.1 Å². The van der Waals surface area contributed by atoms with Gasteiger partial charge in [0, 0.05) is 18.1 Å². The first kappa shape index (κ1) is 16.0. The average molecular weight is 279 g/mol. The molecule has 1 fully saturated rings. The summed E-state index contributed by atoms with van der Waals surface area (Å²) in [7, 11) is 0. The van der Waals surface area contributed by atoms with Crippen molar-refractivity contribution in [2.45, 2.75) is 78.4 Å². The largest absolute Gasteiger partial charge is 0.377 e. The van der Waals surface area contributed by atoms with Gasteiger partial charge in [0.1, 0.15) is 0 Å².